The molecule has 6 atom stereocenters. The monoisotopic (exact) mass is 687 g/mol. The number of nitrogens with two attached hydrogens (primary N) is 2. The third-order valence-electron chi connectivity index (χ3n) is 7.13. The Morgan fingerprint density at radius 3 is 1.35 bits per heavy atom. The molecule has 0 unspecified atom stereocenters. The number of rotatable bonds is 24. The highest BCUT2D eigenvalue weighted by Crippen LogP contribution is 2.11. The first-order chi connectivity index (χ1) is 22.3. The van der Waals surface area contributed by atoms with E-state index in [1.807, 2.05) is 13.8 Å². The van der Waals surface area contributed by atoms with Crippen LogP contribution < -0.4 is 38.1 Å². The Kier molecular flexibility index (Phi) is 20.9. The molecule has 276 valence electrons. The Bertz CT molecular complexity index is 1090. The van der Waals surface area contributed by atoms with E-state index in [0.29, 0.717) is 19.4 Å². The fourth-order valence-electron chi connectivity index (χ4n) is 4.70. The van der Waals surface area contributed by atoms with Gasteiger partial charge in [0.2, 0.25) is 29.5 Å². The molecule has 0 spiro atoms. The van der Waals surface area contributed by atoms with Crippen molar-refractivity contribution in [2.45, 2.75) is 123 Å². The number of hydrogen-bond donors (Lipinski definition) is 10. The van der Waals surface area contributed by atoms with Gasteiger partial charge in [0.25, 0.3) is 0 Å². The van der Waals surface area contributed by atoms with E-state index in [0.717, 1.165) is 0 Å². The smallest absolute Gasteiger partial charge is 0.326 e. The molecule has 0 saturated carbocycles. The Morgan fingerprint density at radius 1 is 0.562 bits per heavy atom. The van der Waals surface area contributed by atoms with Gasteiger partial charge in [0.1, 0.15) is 30.2 Å². The first kappa shape index (κ1) is 44.2. The topological polar surface area (TPSA) is 292 Å². The number of aliphatic hydroxyl groups is 1. The number of carboxylic acid groups (broad SMARTS) is 2. The lowest BCUT2D eigenvalue weighted by Crippen LogP contribution is -2.60. The summed E-state index contributed by atoms with van der Waals surface area (Å²) >= 11 is 0. The second-order valence-corrected chi connectivity index (χ2v) is 13.2. The Hall–Kier alpha value is -3.83. The van der Waals surface area contributed by atoms with Crippen LogP contribution in [0.15, 0.2) is 0 Å². The van der Waals surface area contributed by atoms with Gasteiger partial charge in [-0.3, -0.25) is 28.8 Å². The van der Waals surface area contributed by atoms with Crippen molar-refractivity contribution in [1.82, 2.24) is 26.6 Å². The van der Waals surface area contributed by atoms with E-state index in [-0.39, 0.29) is 43.4 Å². The Labute approximate surface area is 282 Å². The fourth-order valence-corrected chi connectivity index (χ4v) is 4.70. The number of aliphatic carboxylic acids is 2. The van der Waals surface area contributed by atoms with Crippen LogP contribution in [0.1, 0.15) is 86.5 Å². The SMILES string of the molecule is CC(C)C[C@H](NC(=O)[C@H](CCCCN)NC(=O)[C@H](CC(C)C)NC(=O)[C@H](CO)NC(=O)[C@H](CC(C)C)NC(=O)[C@@H](N)CC(=O)O)C(=O)O. The first-order valence-electron chi connectivity index (χ1n) is 16.4. The lowest BCUT2D eigenvalue weighted by Gasteiger charge is -2.27. The molecule has 0 aromatic rings. The Balaban J connectivity index is 5.93. The molecule has 0 aromatic carbocycles. The molecule has 5 amide bonds. The quantitative estimate of drug-likeness (QED) is 0.0522. The molecule has 0 bridgehead atoms. The van der Waals surface area contributed by atoms with E-state index in [2.05, 4.69) is 26.6 Å². The number of carbonyl (C=O) groups is 7. The van der Waals surface area contributed by atoms with Crippen LogP contribution in [0.2, 0.25) is 0 Å². The van der Waals surface area contributed by atoms with Crippen molar-refractivity contribution in [3.05, 3.63) is 0 Å². The van der Waals surface area contributed by atoms with Gasteiger partial charge in [0.05, 0.1) is 19.1 Å². The number of unbranched alkanes of at least 4 members (excludes halogenated alkanes) is 1. The summed E-state index contributed by atoms with van der Waals surface area (Å²) in [6.45, 7) is 10.2. The van der Waals surface area contributed by atoms with Crippen LogP contribution in [0.3, 0.4) is 0 Å². The molecule has 0 fully saturated rings. The minimum atomic E-state index is -1.55. The van der Waals surface area contributed by atoms with Gasteiger partial charge in [-0.1, -0.05) is 41.5 Å². The maximum Gasteiger partial charge on any atom is 0.326 e. The molecule has 0 aliphatic heterocycles. The summed E-state index contributed by atoms with van der Waals surface area (Å²) in [5, 5.41) is 40.9. The van der Waals surface area contributed by atoms with E-state index in [1.165, 1.54) is 0 Å². The summed E-state index contributed by atoms with van der Waals surface area (Å²) in [6, 6.07) is -7.71. The average Bonchev–Trinajstić information content (AvgIpc) is 2.96. The van der Waals surface area contributed by atoms with Crippen LogP contribution in [-0.2, 0) is 33.6 Å². The molecule has 0 radical (unpaired) electrons. The molecule has 0 heterocycles. The van der Waals surface area contributed by atoms with Gasteiger partial charge < -0.3 is 53.4 Å². The molecule has 0 aliphatic carbocycles. The van der Waals surface area contributed by atoms with Crippen LogP contribution >= 0.6 is 0 Å². The summed E-state index contributed by atoms with van der Waals surface area (Å²) < 4.78 is 0. The van der Waals surface area contributed by atoms with Crippen LogP contribution in [-0.4, -0.2) is 106 Å². The zero-order valence-electron chi connectivity index (χ0n) is 28.9. The number of carbonyl (C=O) groups excluding carboxylic acids is 5. The molecular formula is C31H57N7O10. The molecule has 0 aromatic heterocycles. The third kappa shape index (κ3) is 17.9. The highest BCUT2D eigenvalue weighted by molar-refractivity contribution is 5.96. The van der Waals surface area contributed by atoms with Crippen molar-refractivity contribution in [2.75, 3.05) is 13.2 Å². The summed E-state index contributed by atoms with van der Waals surface area (Å²) in [4.78, 5) is 88.2. The van der Waals surface area contributed by atoms with E-state index < -0.39 is 90.8 Å². The number of hydrogen-bond acceptors (Lipinski definition) is 10. The van der Waals surface area contributed by atoms with E-state index in [1.54, 1.807) is 27.7 Å². The zero-order valence-corrected chi connectivity index (χ0v) is 28.9. The minimum absolute atomic E-state index is 0.0336. The molecule has 0 saturated heterocycles. The fraction of sp³-hybridized carbons (Fsp3) is 0.774. The van der Waals surface area contributed by atoms with Crippen molar-refractivity contribution >= 4 is 41.5 Å². The predicted molar refractivity (Wildman–Crippen MR) is 176 cm³/mol. The van der Waals surface area contributed by atoms with Crippen molar-refractivity contribution in [3.8, 4) is 0 Å². The molecule has 0 aliphatic rings. The van der Waals surface area contributed by atoms with Crippen LogP contribution in [0.25, 0.3) is 0 Å². The van der Waals surface area contributed by atoms with Gasteiger partial charge in [-0.25, -0.2) is 4.79 Å². The number of aliphatic hydroxyl groups excluding tert-OH is 1. The van der Waals surface area contributed by atoms with Crippen LogP contribution in [0.5, 0.6) is 0 Å². The summed E-state index contributed by atoms with van der Waals surface area (Å²) in [5.74, 6) is -6.90. The highest BCUT2D eigenvalue weighted by atomic mass is 16.4. The van der Waals surface area contributed by atoms with Crippen LogP contribution in [0, 0.1) is 17.8 Å². The summed E-state index contributed by atoms with van der Waals surface area (Å²) in [7, 11) is 0. The average molecular weight is 688 g/mol. The van der Waals surface area contributed by atoms with Gasteiger partial charge in [-0.2, -0.15) is 0 Å². The number of nitrogens with one attached hydrogen (secondary N) is 5. The van der Waals surface area contributed by atoms with Gasteiger partial charge in [-0.15, -0.1) is 0 Å². The van der Waals surface area contributed by atoms with E-state index in [4.69, 9.17) is 16.6 Å². The molecule has 0 rings (SSSR count). The van der Waals surface area contributed by atoms with Crippen LogP contribution in [0.4, 0.5) is 0 Å². The molecule has 17 heteroatoms. The second kappa shape index (κ2) is 22.7. The second-order valence-electron chi connectivity index (χ2n) is 13.2. The van der Waals surface area contributed by atoms with Crippen molar-refractivity contribution in [1.29, 1.82) is 0 Å². The van der Waals surface area contributed by atoms with Gasteiger partial charge in [-0.05, 0) is 62.8 Å². The van der Waals surface area contributed by atoms with Crippen molar-refractivity contribution in [2.24, 2.45) is 29.2 Å². The normalized spacial score (nSPS) is 15.1. The van der Waals surface area contributed by atoms with E-state index in [9.17, 15) is 43.8 Å². The van der Waals surface area contributed by atoms with E-state index >= 15 is 0 Å². The Morgan fingerprint density at radius 2 is 0.938 bits per heavy atom. The lowest BCUT2D eigenvalue weighted by atomic mass is 10.0. The summed E-state index contributed by atoms with van der Waals surface area (Å²) in [5.41, 5.74) is 11.2. The molecule has 17 nitrogen and oxygen atoms in total. The van der Waals surface area contributed by atoms with Crippen molar-refractivity contribution in [3.63, 3.8) is 0 Å². The van der Waals surface area contributed by atoms with Gasteiger partial charge >= 0.3 is 11.9 Å². The molecular weight excluding hydrogens is 630 g/mol. The maximum absolute atomic E-state index is 13.5. The standard InChI is InChI=1S/C31H57N7O10/c1-16(2)11-21(35-26(42)19(33)14-25(40)41)29(45)38-24(15-39)30(46)36-22(12-17(3)4)28(44)34-20(9-7-8-10-32)27(43)37-23(31(47)48)13-18(5)6/h16-24,39H,7-15,32-33H2,1-6H3,(H,34,44)(H,35,42)(H,36,46)(H,37,43)(H,38,45)(H,40,41)(H,47,48)/t19-,20-,21-,22-,23-,24-/m0/s1. The highest BCUT2D eigenvalue weighted by Gasteiger charge is 2.33. The largest absolute Gasteiger partial charge is 0.481 e. The van der Waals surface area contributed by atoms with Gasteiger partial charge in [0, 0.05) is 0 Å². The molecule has 48 heavy (non-hydrogen) atoms. The molecule has 12 N–H and O–H groups in total. The zero-order chi connectivity index (χ0) is 37.1. The first-order valence-corrected chi connectivity index (χ1v) is 16.4. The number of carboxylic acids is 2. The summed E-state index contributed by atoms with van der Waals surface area (Å²) in [6.07, 6.45) is 0.855. The third-order valence-corrected chi connectivity index (χ3v) is 7.13. The predicted octanol–water partition coefficient (Wildman–Crippen LogP) is -1.44. The van der Waals surface area contributed by atoms with Gasteiger partial charge in [0.15, 0.2) is 0 Å². The van der Waals surface area contributed by atoms with Crippen molar-refractivity contribution < 1.29 is 48.9 Å². The lowest BCUT2D eigenvalue weighted by molar-refractivity contribution is -0.143. The number of amides is 5. The minimum Gasteiger partial charge on any atom is -0.481 e. The maximum atomic E-state index is 13.5.